The van der Waals surface area contributed by atoms with E-state index in [0.29, 0.717) is 18.4 Å². The van der Waals surface area contributed by atoms with Gasteiger partial charge in [-0.2, -0.15) is 0 Å². The molecule has 2 bridgehead atoms. The Morgan fingerprint density at radius 2 is 1.90 bits per heavy atom. The molecule has 0 radical (unpaired) electrons. The monoisotopic (exact) mass is 403 g/mol. The highest BCUT2D eigenvalue weighted by molar-refractivity contribution is 5.34. The first kappa shape index (κ1) is 19.3. The van der Waals surface area contributed by atoms with E-state index < -0.39 is 0 Å². The zero-order chi connectivity index (χ0) is 20.7. The largest absolute Gasteiger partial charge is 0.312 e. The average Bonchev–Trinajstić information content (AvgIpc) is 3.26. The van der Waals surface area contributed by atoms with E-state index in [-0.39, 0.29) is 5.56 Å². The number of pyridine rings is 1. The van der Waals surface area contributed by atoms with E-state index in [9.17, 15) is 4.79 Å². The van der Waals surface area contributed by atoms with Crippen LogP contribution in [0.2, 0.25) is 0 Å². The molecule has 156 valence electrons. The summed E-state index contributed by atoms with van der Waals surface area (Å²) in [5.41, 5.74) is 4.79. The fraction of sp³-hybridized carbons (Fsp3) is 0.417. The maximum atomic E-state index is 13.0. The molecule has 1 fully saturated rings. The first-order valence-corrected chi connectivity index (χ1v) is 10.7. The number of likely N-dealkylation sites (tertiary alicyclic amines) is 1. The SMILES string of the molecule is CN(C)Cc1ccc2n(c1=O)C[C@H]1C[C@@H]2CN(Cc2ccc(-n3ccnc3)cc2)C1. The lowest BCUT2D eigenvalue weighted by molar-refractivity contribution is 0.114. The Bertz CT molecular complexity index is 1070. The highest BCUT2D eigenvalue weighted by atomic mass is 16.1. The van der Waals surface area contributed by atoms with Gasteiger partial charge in [-0.1, -0.05) is 18.2 Å². The highest BCUT2D eigenvalue weighted by Crippen LogP contribution is 2.35. The molecular formula is C24H29N5O. The van der Waals surface area contributed by atoms with Crippen LogP contribution in [0.15, 0.2) is 59.9 Å². The lowest BCUT2D eigenvalue weighted by Gasteiger charge is -2.43. The minimum atomic E-state index is 0.208. The number of aromatic nitrogens is 3. The Hall–Kier alpha value is -2.70. The van der Waals surface area contributed by atoms with Gasteiger partial charge in [0.1, 0.15) is 0 Å². The molecular weight excluding hydrogens is 374 g/mol. The molecule has 2 aromatic heterocycles. The van der Waals surface area contributed by atoms with E-state index in [1.54, 1.807) is 6.20 Å². The molecule has 6 nitrogen and oxygen atoms in total. The summed E-state index contributed by atoms with van der Waals surface area (Å²) in [7, 11) is 4.02. The van der Waals surface area contributed by atoms with Gasteiger partial charge < -0.3 is 14.0 Å². The van der Waals surface area contributed by atoms with Crippen LogP contribution in [-0.4, -0.2) is 51.1 Å². The maximum Gasteiger partial charge on any atom is 0.255 e. The van der Waals surface area contributed by atoms with Crippen LogP contribution in [0, 0.1) is 5.92 Å². The normalized spacial score (nSPS) is 21.0. The molecule has 1 saturated heterocycles. The molecule has 1 aromatic carbocycles. The molecule has 0 spiro atoms. The smallest absolute Gasteiger partial charge is 0.255 e. The van der Waals surface area contributed by atoms with Crippen molar-refractivity contribution < 1.29 is 0 Å². The molecule has 6 heteroatoms. The second-order valence-corrected chi connectivity index (χ2v) is 9.07. The van der Waals surface area contributed by atoms with Crippen LogP contribution < -0.4 is 5.56 Å². The quantitative estimate of drug-likeness (QED) is 0.657. The summed E-state index contributed by atoms with van der Waals surface area (Å²) in [6.07, 6.45) is 6.78. The second-order valence-electron chi connectivity index (χ2n) is 9.07. The predicted octanol–water partition coefficient (Wildman–Crippen LogP) is 2.71. The molecule has 0 unspecified atom stereocenters. The Labute approximate surface area is 177 Å². The van der Waals surface area contributed by atoms with Gasteiger partial charge in [-0.25, -0.2) is 4.98 Å². The first-order chi connectivity index (χ1) is 14.6. The Balaban J connectivity index is 1.31. The maximum absolute atomic E-state index is 13.0. The summed E-state index contributed by atoms with van der Waals surface area (Å²) in [5.74, 6) is 0.998. The van der Waals surface area contributed by atoms with Crippen LogP contribution in [0.4, 0.5) is 0 Å². The van der Waals surface area contributed by atoms with Crippen LogP contribution in [-0.2, 0) is 19.6 Å². The number of fused-ring (bicyclic) bond motifs is 4. The highest BCUT2D eigenvalue weighted by Gasteiger charge is 2.34. The fourth-order valence-electron chi connectivity index (χ4n) is 5.12. The van der Waals surface area contributed by atoms with Gasteiger partial charge in [0.05, 0.1) is 6.33 Å². The van der Waals surface area contributed by atoms with E-state index >= 15 is 0 Å². The summed E-state index contributed by atoms with van der Waals surface area (Å²) in [6, 6.07) is 13.0. The zero-order valence-electron chi connectivity index (χ0n) is 17.7. The van der Waals surface area contributed by atoms with Crippen molar-refractivity contribution in [3.63, 3.8) is 0 Å². The molecule has 2 aliphatic rings. The van der Waals surface area contributed by atoms with Crippen LogP contribution in [0.3, 0.4) is 0 Å². The zero-order valence-corrected chi connectivity index (χ0v) is 17.7. The van der Waals surface area contributed by atoms with Gasteiger partial charge >= 0.3 is 0 Å². The number of hydrogen-bond acceptors (Lipinski definition) is 4. The van der Waals surface area contributed by atoms with Gasteiger partial charge in [-0.3, -0.25) is 9.69 Å². The minimum Gasteiger partial charge on any atom is -0.312 e. The summed E-state index contributed by atoms with van der Waals surface area (Å²) < 4.78 is 4.09. The minimum absolute atomic E-state index is 0.208. The topological polar surface area (TPSA) is 46.3 Å². The van der Waals surface area contributed by atoms with E-state index in [0.717, 1.165) is 37.4 Å². The summed E-state index contributed by atoms with van der Waals surface area (Å²) >= 11 is 0. The van der Waals surface area contributed by atoms with Gasteiger partial charge in [0, 0.05) is 68.0 Å². The first-order valence-electron chi connectivity index (χ1n) is 10.7. The van der Waals surface area contributed by atoms with Gasteiger partial charge in [-0.15, -0.1) is 0 Å². The predicted molar refractivity (Wildman–Crippen MR) is 118 cm³/mol. The molecule has 2 atom stereocenters. The van der Waals surface area contributed by atoms with Crippen molar-refractivity contribution in [2.45, 2.75) is 32.0 Å². The Morgan fingerprint density at radius 3 is 2.63 bits per heavy atom. The lowest BCUT2D eigenvalue weighted by Crippen LogP contribution is -2.47. The standard InChI is InChI=1S/C24H29N5O/c1-26(2)15-20-5-8-23-21-11-19(14-29(23)24(20)30)13-27(16-21)12-18-3-6-22(7-4-18)28-10-9-25-17-28/h3-10,17,19,21H,11-16H2,1-2H3/t19-,21+/m0/s1. The van der Waals surface area contributed by atoms with Crippen molar-refractivity contribution in [2.75, 3.05) is 27.2 Å². The van der Waals surface area contributed by atoms with E-state index in [2.05, 4.69) is 49.7 Å². The molecule has 30 heavy (non-hydrogen) atoms. The summed E-state index contributed by atoms with van der Waals surface area (Å²) in [4.78, 5) is 21.7. The number of imidazole rings is 1. The molecule has 4 heterocycles. The molecule has 0 aliphatic carbocycles. The molecule has 5 rings (SSSR count). The summed E-state index contributed by atoms with van der Waals surface area (Å²) in [6.45, 7) is 4.59. The Kier molecular flexibility index (Phi) is 5.05. The van der Waals surface area contributed by atoms with Crippen LogP contribution in [0.5, 0.6) is 0 Å². The van der Waals surface area contributed by atoms with Gasteiger partial charge in [0.2, 0.25) is 0 Å². The third-order valence-corrected chi connectivity index (χ3v) is 6.39. The number of hydrogen-bond donors (Lipinski definition) is 0. The molecule has 0 N–H and O–H groups in total. The van der Waals surface area contributed by atoms with Crippen molar-refractivity contribution >= 4 is 0 Å². The van der Waals surface area contributed by atoms with Crippen molar-refractivity contribution in [3.8, 4) is 5.69 Å². The third kappa shape index (κ3) is 3.73. The van der Waals surface area contributed by atoms with Crippen LogP contribution >= 0.6 is 0 Å². The van der Waals surface area contributed by atoms with Crippen molar-refractivity contribution in [3.05, 3.63) is 82.3 Å². The number of rotatable bonds is 5. The number of piperidine rings is 1. The number of nitrogens with zero attached hydrogens (tertiary/aromatic N) is 5. The van der Waals surface area contributed by atoms with Crippen LogP contribution in [0.1, 0.15) is 29.2 Å². The van der Waals surface area contributed by atoms with Gasteiger partial charge in [0.25, 0.3) is 5.56 Å². The third-order valence-electron chi connectivity index (χ3n) is 6.39. The van der Waals surface area contributed by atoms with Crippen LogP contribution in [0.25, 0.3) is 5.69 Å². The fourth-order valence-corrected chi connectivity index (χ4v) is 5.12. The molecule has 2 aliphatic heterocycles. The van der Waals surface area contributed by atoms with E-state index in [4.69, 9.17) is 0 Å². The average molecular weight is 404 g/mol. The van der Waals surface area contributed by atoms with E-state index in [1.165, 1.54) is 17.7 Å². The van der Waals surface area contributed by atoms with Gasteiger partial charge in [-0.05, 0) is 50.2 Å². The van der Waals surface area contributed by atoms with E-state index in [1.807, 2.05) is 37.3 Å². The number of benzene rings is 1. The molecule has 0 amide bonds. The molecule has 3 aromatic rings. The lowest BCUT2D eigenvalue weighted by atomic mass is 9.82. The van der Waals surface area contributed by atoms with Crippen molar-refractivity contribution in [2.24, 2.45) is 5.92 Å². The van der Waals surface area contributed by atoms with Crippen molar-refractivity contribution in [1.29, 1.82) is 0 Å². The molecule has 0 saturated carbocycles. The Morgan fingerprint density at radius 1 is 1.07 bits per heavy atom. The summed E-state index contributed by atoms with van der Waals surface area (Å²) in [5, 5.41) is 0. The second kappa shape index (κ2) is 7.85. The van der Waals surface area contributed by atoms with Gasteiger partial charge in [0.15, 0.2) is 0 Å². The van der Waals surface area contributed by atoms with Crippen molar-refractivity contribution in [1.82, 2.24) is 23.9 Å².